The molecule has 4 aromatic carbocycles. The van der Waals surface area contributed by atoms with E-state index in [1.54, 1.807) is 21.5 Å². The molecule has 0 saturated heterocycles. The molecule has 0 aliphatic heterocycles. The lowest BCUT2D eigenvalue weighted by Gasteiger charge is -2.12. The van der Waals surface area contributed by atoms with Gasteiger partial charge in [-0.3, -0.25) is 19.2 Å². The number of carbonyl (C=O) groups is 4. The van der Waals surface area contributed by atoms with Crippen LogP contribution in [0.5, 0.6) is 0 Å². The molecule has 0 amide bonds. The van der Waals surface area contributed by atoms with Crippen LogP contribution >= 0.6 is 0 Å². The van der Waals surface area contributed by atoms with Gasteiger partial charge in [0.05, 0.1) is 18.2 Å². The number of benzene rings is 4. The number of aliphatic hydroxyl groups is 2. The van der Waals surface area contributed by atoms with Gasteiger partial charge in [-0.25, -0.2) is 9.59 Å². The molecule has 6 aromatic rings. The summed E-state index contributed by atoms with van der Waals surface area (Å²) in [5.41, 5.74) is 3.68. The maximum absolute atomic E-state index is 13.0. The summed E-state index contributed by atoms with van der Waals surface area (Å²) in [4.78, 5) is 71.3. The lowest BCUT2D eigenvalue weighted by Crippen LogP contribution is -2.20. The number of carboxylic acid groups (broad SMARTS) is 1. The minimum absolute atomic E-state index is 0.0587. The number of pyridine rings is 2. The largest absolute Gasteiger partial charge is 0.507 e. The van der Waals surface area contributed by atoms with Crippen molar-refractivity contribution in [1.82, 2.24) is 9.13 Å². The molecule has 2 aromatic heterocycles. The van der Waals surface area contributed by atoms with Gasteiger partial charge in [0.25, 0.3) is 11.6 Å². The van der Waals surface area contributed by atoms with Gasteiger partial charge in [0, 0.05) is 74.0 Å². The lowest BCUT2D eigenvalue weighted by molar-refractivity contribution is -0.149. The molecule has 6 rings (SSSR count). The van der Waals surface area contributed by atoms with Gasteiger partial charge in [-0.15, -0.1) is 0 Å². The second kappa shape index (κ2) is 20.3. The van der Waals surface area contributed by atoms with E-state index in [1.807, 2.05) is 121 Å². The van der Waals surface area contributed by atoms with Crippen molar-refractivity contribution >= 4 is 35.0 Å². The van der Waals surface area contributed by atoms with E-state index >= 15 is 0 Å². The summed E-state index contributed by atoms with van der Waals surface area (Å²) < 4.78 is 7.87. The monoisotopic (exact) mass is 792 g/mol. The van der Waals surface area contributed by atoms with Crippen LogP contribution < -0.4 is 10.9 Å². The Balaban J connectivity index is 0.000000224. The third-order valence-corrected chi connectivity index (χ3v) is 8.88. The Morgan fingerprint density at radius 3 is 1.19 bits per heavy atom. The molecule has 0 radical (unpaired) electrons. The smallest absolute Gasteiger partial charge is 0.378 e. The first-order valence-electron chi connectivity index (χ1n) is 18.2. The summed E-state index contributed by atoms with van der Waals surface area (Å²) in [6.45, 7) is 0.907. The number of methoxy groups -OCH3 is 1. The van der Waals surface area contributed by atoms with Crippen molar-refractivity contribution in [3.05, 3.63) is 223 Å². The van der Waals surface area contributed by atoms with E-state index in [1.165, 1.54) is 12.4 Å². The summed E-state index contributed by atoms with van der Waals surface area (Å²) in [5.74, 6) is -6.41. The SMILES string of the molecule is COC(=O)C(=O)C=C(O)c1cn(Cc2ccccc2)cc(Cc2ccccc2)c1=O.O=C(O)C(=O)C=C(O)c1cn(Cc2ccccc2)cc(Cc2ccccc2)c1=O. The van der Waals surface area contributed by atoms with Crippen molar-refractivity contribution in [2.24, 2.45) is 0 Å². The molecular weight excluding hydrogens is 753 g/mol. The molecule has 298 valence electrons. The fraction of sp³-hybridized carbons (Fsp3) is 0.106. The van der Waals surface area contributed by atoms with E-state index in [4.69, 9.17) is 5.11 Å². The second-order valence-corrected chi connectivity index (χ2v) is 13.3. The Bertz CT molecular complexity index is 2610. The maximum atomic E-state index is 13.0. The number of aromatic nitrogens is 2. The van der Waals surface area contributed by atoms with Gasteiger partial charge in [-0.1, -0.05) is 121 Å². The number of carbonyl (C=O) groups excluding carboxylic acids is 3. The molecule has 0 saturated carbocycles. The summed E-state index contributed by atoms with van der Waals surface area (Å²) in [7, 11) is 1.07. The highest BCUT2D eigenvalue weighted by atomic mass is 16.5. The van der Waals surface area contributed by atoms with Gasteiger partial charge in [0.1, 0.15) is 11.5 Å². The molecule has 59 heavy (non-hydrogen) atoms. The van der Waals surface area contributed by atoms with E-state index in [0.717, 1.165) is 29.4 Å². The Kier molecular flexibility index (Phi) is 14.6. The van der Waals surface area contributed by atoms with Crippen LogP contribution in [-0.2, 0) is 49.8 Å². The molecule has 2 heterocycles. The van der Waals surface area contributed by atoms with E-state index in [-0.39, 0.29) is 11.1 Å². The molecule has 12 nitrogen and oxygen atoms in total. The van der Waals surface area contributed by atoms with Crippen molar-refractivity contribution in [1.29, 1.82) is 0 Å². The molecule has 0 atom stereocenters. The highest BCUT2D eigenvalue weighted by Gasteiger charge is 2.18. The number of hydrogen-bond donors (Lipinski definition) is 3. The molecule has 0 aliphatic rings. The molecule has 0 unspecified atom stereocenters. The average Bonchev–Trinajstić information content (AvgIpc) is 3.24. The fourth-order valence-electron chi connectivity index (χ4n) is 6.03. The molecule has 3 N–H and O–H groups in total. The van der Waals surface area contributed by atoms with Crippen LogP contribution in [-0.4, -0.2) is 55.1 Å². The number of nitrogens with zero attached hydrogens (tertiary/aromatic N) is 2. The molecule has 0 fully saturated rings. The predicted octanol–water partition coefficient (Wildman–Crippen LogP) is 6.17. The number of ketones is 2. The van der Waals surface area contributed by atoms with Crippen LogP contribution in [0.25, 0.3) is 11.5 Å². The zero-order chi connectivity index (χ0) is 42.3. The molecular formula is C47H40N2O10. The molecule has 12 heteroatoms. The summed E-state index contributed by atoms with van der Waals surface area (Å²) in [6, 6.07) is 38.0. The molecule has 0 bridgehead atoms. The number of aliphatic hydroxyl groups excluding tert-OH is 2. The highest BCUT2D eigenvalue weighted by Crippen LogP contribution is 2.15. The average molecular weight is 793 g/mol. The quantitative estimate of drug-likeness (QED) is 0.0500. The van der Waals surface area contributed by atoms with Gasteiger partial charge in [-0.05, 0) is 22.3 Å². The van der Waals surface area contributed by atoms with Crippen LogP contribution in [0.1, 0.15) is 44.5 Å². The zero-order valence-electron chi connectivity index (χ0n) is 31.9. The van der Waals surface area contributed by atoms with Gasteiger partial charge < -0.3 is 29.2 Å². The van der Waals surface area contributed by atoms with Crippen LogP contribution in [0.2, 0.25) is 0 Å². The first-order chi connectivity index (χ1) is 28.4. The normalized spacial score (nSPS) is 11.2. The van der Waals surface area contributed by atoms with E-state index < -0.39 is 45.9 Å². The van der Waals surface area contributed by atoms with Crippen LogP contribution in [0, 0.1) is 0 Å². The van der Waals surface area contributed by atoms with Gasteiger partial charge in [0.2, 0.25) is 0 Å². The third-order valence-electron chi connectivity index (χ3n) is 8.88. The third kappa shape index (κ3) is 12.1. The maximum Gasteiger partial charge on any atom is 0.378 e. The number of esters is 1. The van der Waals surface area contributed by atoms with Gasteiger partial charge in [0.15, 0.2) is 10.9 Å². The van der Waals surface area contributed by atoms with Crippen molar-refractivity contribution in [2.45, 2.75) is 25.9 Å². The number of ether oxygens (including phenoxy) is 1. The first kappa shape index (κ1) is 42.3. The van der Waals surface area contributed by atoms with Crippen molar-refractivity contribution in [3.63, 3.8) is 0 Å². The van der Waals surface area contributed by atoms with Crippen LogP contribution in [0.15, 0.2) is 168 Å². The zero-order valence-corrected chi connectivity index (χ0v) is 31.9. The van der Waals surface area contributed by atoms with Gasteiger partial charge >= 0.3 is 11.9 Å². The number of hydrogen-bond acceptors (Lipinski definition) is 9. The minimum atomic E-state index is -1.71. The lowest BCUT2D eigenvalue weighted by atomic mass is 10.0. The Morgan fingerprint density at radius 1 is 0.508 bits per heavy atom. The number of aliphatic carboxylic acids is 1. The Morgan fingerprint density at radius 2 is 0.847 bits per heavy atom. The van der Waals surface area contributed by atoms with Crippen molar-refractivity contribution in [3.8, 4) is 0 Å². The summed E-state index contributed by atoms with van der Waals surface area (Å²) in [6.07, 6.45) is 8.30. The predicted molar refractivity (Wildman–Crippen MR) is 222 cm³/mol. The standard InChI is InChI=1S/C24H21NO5.C23H19NO5/c1-30-24(29)22(27)13-21(26)20-16-25(14-18-10-6-3-7-11-18)15-19(23(20)28)12-17-8-4-2-5-9-17;25-20(12-21(26)23(28)29)19-15-24(13-17-9-5-2-6-10-17)14-18(22(19)27)11-16-7-3-1-4-8-16/h2-11,13,15-16,26H,12,14H2,1H3;1-10,12,14-15,25H,11,13H2,(H,28,29). The van der Waals surface area contributed by atoms with Gasteiger partial charge in [-0.2, -0.15) is 0 Å². The summed E-state index contributed by atoms with van der Waals surface area (Å²) >= 11 is 0. The van der Waals surface area contributed by atoms with E-state index in [0.29, 0.717) is 49.2 Å². The van der Waals surface area contributed by atoms with E-state index in [9.17, 15) is 39.0 Å². The van der Waals surface area contributed by atoms with Crippen LogP contribution in [0.4, 0.5) is 0 Å². The highest BCUT2D eigenvalue weighted by molar-refractivity contribution is 6.39. The van der Waals surface area contributed by atoms with Crippen molar-refractivity contribution < 1.29 is 39.2 Å². The molecule has 0 aliphatic carbocycles. The van der Waals surface area contributed by atoms with Crippen LogP contribution in [0.3, 0.4) is 0 Å². The Labute approximate surface area is 338 Å². The van der Waals surface area contributed by atoms with E-state index in [2.05, 4.69) is 4.74 Å². The number of rotatable bonds is 14. The minimum Gasteiger partial charge on any atom is -0.507 e. The van der Waals surface area contributed by atoms with Crippen molar-refractivity contribution in [2.75, 3.05) is 7.11 Å². The first-order valence-corrected chi connectivity index (χ1v) is 18.2. The fourth-order valence-corrected chi connectivity index (χ4v) is 6.03. The topological polar surface area (TPSA) is 182 Å². The Hall–Kier alpha value is -7.86. The number of carboxylic acids is 1. The second-order valence-electron chi connectivity index (χ2n) is 13.3. The summed E-state index contributed by atoms with van der Waals surface area (Å²) in [5, 5.41) is 29.4. The molecule has 0 spiro atoms.